The molecule has 0 aliphatic rings. The molecule has 0 aliphatic heterocycles. The molecule has 24 heavy (non-hydrogen) atoms. The van der Waals surface area contributed by atoms with Crippen molar-refractivity contribution in [1.82, 2.24) is 4.98 Å². The van der Waals surface area contributed by atoms with E-state index in [1.165, 1.54) is 6.20 Å². The molecule has 0 fully saturated rings. The van der Waals surface area contributed by atoms with E-state index >= 15 is 0 Å². The minimum Gasteiger partial charge on any atom is -0.340 e. The van der Waals surface area contributed by atoms with Crippen LogP contribution in [0.1, 0.15) is 15.9 Å². The standard InChI is InChI=1S/C19H16ClN3O/c1-13-5-8-16(9-6-13)23-19(24)14-7-10-18(21-12-14)22-17-4-2-3-15(20)11-17/h2-12H,1H3,(H,21,22)(H,23,24). The third-order valence-electron chi connectivity index (χ3n) is 3.43. The fourth-order valence-electron chi connectivity index (χ4n) is 2.16. The van der Waals surface area contributed by atoms with Crippen LogP contribution in [0.25, 0.3) is 0 Å². The van der Waals surface area contributed by atoms with Gasteiger partial charge in [-0.1, -0.05) is 35.4 Å². The van der Waals surface area contributed by atoms with Gasteiger partial charge in [0.15, 0.2) is 0 Å². The number of hydrogen-bond donors (Lipinski definition) is 2. The molecule has 1 aromatic heterocycles. The number of aromatic nitrogens is 1. The number of pyridine rings is 1. The maximum Gasteiger partial charge on any atom is 0.257 e. The van der Waals surface area contributed by atoms with E-state index in [0.717, 1.165) is 16.9 Å². The van der Waals surface area contributed by atoms with Crippen LogP contribution in [0.5, 0.6) is 0 Å². The molecule has 1 heterocycles. The summed E-state index contributed by atoms with van der Waals surface area (Å²) in [6.45, 7) is 2.00. The Kier molecular flexibility index (Phi) is 4.77. The van der Waals surface area contributed by atoms with Gasteiger partial charge in [-0.2, -0.15) is 0 Å². The minimum absolute atomic E-state index is 0.194. The Hall–Kier alpha value is -2.85. The summed E-state index contributed by atoms with van der Waals surface area (Å²) in [5.41, 5.74) is 3.23. The van der Waals surface area contributed by atoms with E-state index in [4.69, 9.17) is 11.6 Å². The van der Waals surface area contributed by atoms with Gasteiger partial charge in [0.1, 0.15) is 5.82 Å². The molecule has 0 spiro atoms. The molecule has 0 saturated carbocycles. The average molecular weight is 338 g/mol. The highest BCUT2D eigenvalue weighted by atomic mass is 35.5. The fraction of sp³-hybridized carbons (Fsp3) is 0.0526. The lowest BCUT2D eigenvalue weighted by Crippen LogP contribution is -2.12. The first-order chi connectivity index (χ1) is 11.6. The molecule has 0 radical (unpaired) electrons. The Morgan fingerprint density at radius 3 is 2.46 bits per heavy atom. The molecule has 2 N–H and O–H groups in total. The quantitative estimate of drug-likeness (QED) is 0.701. The lowest BCUT2D eigenvalue weighted by Gasteiger charge is -2.08. The van der Waals surface area contributed by atoms with Crippen molar-refractivity contribution < 1.29 is 4.79 Å². The summed E-state index contributed by atoms with van der Waals surface area (Å²) in [7, 11) is 0. The van der Waals surface area contributed by atoms with Crippen LogP contribution in [0, 0.1) is 6.92 Å². The zero-order valence-corrected chi connectivity index (χ0v) is 13.8. The van der Waals surface area contributed by atoms with Crippen LogP contribution < -0.4 is 10.6 Å². The van der Waals surface area contributed by atoms with E-state index in [0.29, 0.717) is 16.4 Å². The maximum atomic E-state index is 12.2. The van der Waals surface area contributed by atoms with Crippen molar-refractivity contribution in [3.05, 3.63) is 83.0 Å². The van der Waals surface area contributed by atoms with E-state index in [1.54, 1.807) is 24.3 Å². The Balaban J connectivity index is 1.67. The molecular formula is C19H16ClN3O. The lowest BCUT2D eigenvalue weighted by molar-refractivity contribution is 0.102. The predicted octanol–water partition coefficient (Wildman–Crippen LogP) is 5.04. The van der Waals surface area contributed by atoms with E-state index < -0.39 is 0 Å². The van der Waals surface area contributed by atoms with Gasteiger partial charge in [-0.3, -0.25) is 4.79 Å². The molecular weight excluding hydrogens is 322 g/mol. The largest absolute Gasteiger partial charge is 0.340 e. The van der Waals surface area contributed by atoms with Gasteiger partial charge in [0.2, 0.25) is 0 Å². The molecule has 120 valence electrons. The molecule has 3 aromatic rings. The van der Waals surface area contributed by atoms with Crippen LogP contribution in [0.3, 0.4) is 0 Å². The number of nitrogens with zero attached hydrogens (tertiary/aromatic N) is 1. The summed E-state index contributed by atoms with van der Waals surface area (Å²) in [5, 5.41) is 6.63. The topological polar surface area (TPSA) is 54.0 Å². The fourth-order valence-corrected chi connectivity index (χ4v) is 2.35. The first kappa shape index (κ1) is 16.0. The van der Waals surface area contributed by atoms with Crippen molar-refractivity contribution >= 4 is 34.7 Å². The van der Waals surface area contributed by atoms with Gasteiger partial charge in [-0.15, -0.1) is 0 Å². The zero-order chi connectivity index (χ0) is 16.9. The molecule has 5 heteroatoms. The van der Waals surface area contributed by atoms with E-state index in [-0.39, 0.29) is 5.91 Å². The van der Waals surface area contributed by atoms with Gasteiger partial charge in [-0.25, -0.2) is 4.98 Å². The summed E-state index contributed by atoms with van der Waals surface area (Å²) in [5.74, 6) is 0.449. The number of benzene rings is 2. The highest BCUT2D eigenvalue weighted by Crippen LogP contribution is 2.19. The average Bonchev–Trinajstić information content (AvgIpc) is 2.57. The number of carbonyl (C=O) groups excluding carboxylic acids is 1. The first-order valence-electron chi connectivity index (χ1n) is 7.47. The number of carbonyl (C=O) groups is 1. The third kappa shape index (κ3) is 4.12. The molecule has 3 rings (SSSR count). The van der Waals surface area contributed by atoms with Crippen LogP contribution >= 0.6 is 11.6 Å². The smallest absolute Gasteiger partial charge is 0.257 e. The minimum atomic E-state index is -0.194. The van der Waals surface area contributed by atoms with Crippen LogP contribution in [0.2, 0.25) is 5.02 Å². The third-order valence-corrected chi connectivity index (χ3v) is 3.67. The number of rotatable bonds is 4. The Bertz CT molecular complexity index is 845. The molecule has 0 aliphatic carbocycles. The van der Waals surface area contributed by atoms with Crippen molar-refractivity contribution in [1.29, 1.82) is 0 Å². The number of amides is 1. The summed E-state index contributed by atoms with van der Waals surface area (Å²) >= 11 is 5.95. The lowest BCUT2D eigenvalue weighted by atomic mass is 10.2. The maximum absolute atomic E-state index is 12.2. The molecule has 4 nitrogen and oxygen atoms in total. The second-order valence-corrected chi connectivity index (χ2v) is 5.82. The Morgan fingerprint density at radius 1 is 1.00 bits per heavy atom. The number of hydrogen-bond acceptors (Lipinski definition) is 3. The molecule has 2 aromatic carbocycles. The molecule has 0 bridgehead atoms. The normalized spacial score (nSPS) is 10.2. The van der Waals surface area contributed by atoms with Crippen molar-refractivity contribution in [2.45, 2.75) is 6.92 Å². The molecule has 0 saturated heterocycles. The monoisotopic (exact) mass is 337 g/mol. The highest BCUT2D eigenvalue weighted by molar-refractivity contribution is 6.30. The Morgan fingerprint density at radius 2 is 1.79 bits per heavy atom. The SMILES string of the molecule is Cc1ccc(NC(=O)c2ccc(Nc3cccc(Cl)c3)nc2)cc1. The van der Waals surface area contributed by atoms with Gasteiger partial charge in [0, 0.05) is 22.6 Å². The summed E-state index contributed by atoms with van der Waals surface area (Å²) in [6.07, 6.45) is 1.54. The summed E-state index contributed by atoms with van der Waals surface area (Å²) in [4.78, 5) is 16.5. The Labute approximate surface area is 145 Å². The van der Waals surface area contributed by atoms with Gasteiger partial charge >= 0.3 is 0 Å². The van der Waals surface area contributed by atoms with E-state index in [1.807, 2.05) is 43.3 Å². The number of anilines is 3. The number of aryl methyl sites for hydroxylation is 1. The molecule has 1 amide bonds. The molecule has 0 unspecified atom stereocenters. The van der Waals surface area contributed by atoms with Crippen molar-refractivity contribution in [3.8, 4) is 0 Å². The number of halogens is 1. The second-order valence-electron chi connectivity index (χ2n) is 5.39. The van der Waals surface area contributed by atoms with Gasteiger partial charge in [0.05, 0.1) is 5.56 Å². The number of nitrogens with one attached hydrogen (secondary N) is 2. The van der Waals surface area contributed by atoms with Crippen LogP contribution in [0.15, 0.2) is 66.9 Å². The van der Waals surface area contributed by atoms with Gasteiger partial charge in [0.25, 0.3) is 5.91 Å². The van der Waals surface area contributed by atoms with Gasteiger partial charge in [-0.05, 0) is 49.4 Å². The highest BCUT2D eigenvalue weighted by Gasteiger charge is 2.07. The first-order valence-corrected chi connectivity index (χ1v) is 7.84. The second kappa shape index (κ2) is 7.15. The van der Waals surface area contributed by atoms with Crippen molar-refractivity contribution in [2.75, 3.05) is 10.6 Å². The summed E-state index contributed by atoms with van der Waals surface area (Å²) < 4.78 is 0. The van der Waals surface area contributed by atoms with Crippen molar-refractivity contribution in [2.24, 2.45) is 0 Å². The van der Waals surface area contributed by atoms with Crippen LogP contribution in [-0.4, -0.2) is 10.9 Å². The van der Waals surface area contributed by atoms with Crippen LogP contribution in [0.4, 0.5) is 17.2 Å². The summed E-state index contributed by atoms with van der Waals surface area (Å²) in [6, 6.07) is 18.5. The van der Waals surface area contributed by atoms with Crippen LogP contribution in [-0.2, 0) is 0 Å². The molecule has 0 atom stereocenters. The van der Waals surface area contributed by atoms with Crippen molar-refractivity contribution in [3.63, 3.8) is 0 Å². The van der Waals surface area contributed by atoms with E-state index in [9.17, 15) is 4.79 Å². The predicted molar refractivity (Wildman–Crippen MR) is 98.1 cm³/mol. The zero-order valence-electron chi connectivity index (χ0n) is 13.1. The van der Waals surface area contributed by atoms with Gasteiger partial charge < -0.3 is 10.6 Å². The van der Waals surface area contributed by atoms with E-state index in [2.05, 4.69) is 15.6 Å².